The molecule has 1 aromatic heterocycles. The smallest absolute Gasteiger partial charge is 0.264 e. The second kappa shape index (κ2) is 9.50. The Morgan fingerprint density at radius 3 is 2.46 bits per heavy atom. The Labute approximate surface area is 160 Å². The summed E-state index contributed by atoms with van der Waals surface area (Å²) in [5.74, 6) is 0.671. The molecule has 7 heteroatoms. The third-order valence-corrected chi connectivity index (χ3v) is 5.53. The molecule has 0 aliphatic heterocycles. The third-order valence-electron chi connectivity index (χ3n) is 4.25. The molecule has 0 radical (unpaired) electrons. The Morgan fingerprint density at radius 1 is 1.08 bits per heavy atom. The van der Waals surface area contributed by atoms with E-state index in [4.69, 9.17) is 13.7 Å². The van der Waals surface area contributed by atoms with Gasteiger partial charge in [0.1, 0.15) is 18.0 Å². The van der Waals surface area contributed by atoms with Crippen molar-refractivity contribution in [2.75, 3.05) is 12.9 Å². The number of hydrogen-bond acceptors (Lipinski definition) is 6. The van der Waals surface area contributed by atoms with Crippen LogP contribution in [0.2, 0.25) is 0 Å². The highest BCUT2D eigenvalue weighted by Crippen LogP contribution is 2.25. The number of rotatable bonds is 11. The Morgan fingerprint density at radius 2 is 1.85 bits per heavy atom. The van der Waals surface area contributed by atoms with Gasteiger partial charge in [0, 0.05) is 0 Å². The zero-order valence-corrected chi connectivity index (χ0v) is 17.1. The maximum atomic E-state index is 11.1. The van der Waals surface area contributed by atoms with Crippen LogP contribution in [0, 0.1) is 0 Å². The summed E-state index contributed by atoms with van der Waals surface area (Å²) in [7, 11) is -3.47. The Hall–Kier alpha value is -1.41. The predicted molar refractivity (Wildman–Crippen MR) is 104 cm³/mol. The van der Waals surface area contributed by atoms with E-state index in [1.54, 1.807) is 23.5 Å². The lowest BCUT2D eigenvalue weighted by Crippen LogP contribution is -2.38. The molecule has 0 aliphatic rings. The van der Waals surface area contributed by atoms with Crippen LogP contribution < -0.4 is 4.74 Å². The number of ether oxygens (including phenoxy) is 2. The van der Waals surface area contributed by atoms with E-state index >= 15 is 0 Å². The maximum absolute atomic E-state index is 11.1. The molecule has 2 aromatic rings. The SMILES string of the molecule is CCC(CC)(COc1cccc(COS(C)(=O)=O)c1)OCc1ccsc1. The van der Waals surface area contributed by atoms with Gasteiger partial charge in [0.2, 0.25) is 0 Å². The molecule has 26 heavy (non-hydrogen) atoms. The van der Waals surface area contributed by atoms with Crippen LogP contribution in [0.3, 0.4) is 0 Å². The summed E-state index contributed by atoms with van der Waals surface area (Å²) in [5.41, 5.74) is 1.55. The van der Waals surface area contributed by atoms with E-state index < -0.39 is 10.1 Å². The van der Waals surface area contributed by atoms with E-state index in [1.165, 1.54) is 5.56 Å². The first-order valence-electron chi connectivity index (χ1n) is 8.57. The molecule has 0 saturated carbocycles. The first kappa shape index (κ1) is 20.9. The molecule has 2 rings (SSSR count). The molecule has 0 N–H and O–H groups in total. The summed E-state index contributed by atoms with van der Waals surface area (Å²) in [5, 5.41) is 4.13. The zero-order valence-electron chi connectivity index (χ0n) is 15.4. The standard InChI is InChI=1S/C19H26O5S2/c1-4-19(5-2,23-12-17-9-10-25-14-17)15-22-18-8-6-7-16(11-18)13-24-26(3,20)21/h6-11,14H,4-5,12-13,15H2,1-3H3. The van der Waals surface area contributed by atoms with Crippen LogP contribution in [-0.2, 0) is 32.3 Å². The fourth-order valence-corrected chi connectivity index (χ4v) is 3.43. The average Bonchev–Trinajstić information content (AvgIpc) is 3.14. The van der Waals surface area contributed by atoms with Crippen molar-refractivity contribution in [1.82, 2.24) is 0 Å². The first-order valence-corrected chi connectivity index (χ1v) is 11.3. The molecule has 1 aromatic carbocycles. The molecule has 0 spiro atoms. The lowest BCUT2D eigenvalue weighted by Gasteiger charge is -2.31. The number of hydrogen-bond donors (Lipinski definition) is 0. The van der Waals surface area contributed by atoms with Gasteiger partial charge < -0.3 is 9.47 Å². The fourth-order valence-electron chi connectivity index (χ4n) is 2.43. The summed E-state index contributed by atoms with van der Waals surface area (Å²) in [4.78, 5) is 0. The molecular weight excluding hydrogens is 372 g/mol. The van der Waals surface area contributed by atoms with Crippen molar-refractivity contribution in [3.8, 4) is 5.75 Å². The van der Waals surface area contributed by atoms with E-state index in [2.05, 4.69) is 25.3 Å². The van der Waals surface area contributed by atoms with Crippen LogP contribution in [0.25, 0.3) is 0 Å². The normalized spacial score (nSPS) is 12.3. The molecule has 0 saturated heterocycles. The number of benzene rings is 1. The summed E-state index contributed by atoms with van der Waals surface area (Å²) in [6.45, 7) is 5.18. The average molecular weight is 399 g/mol. The van der Waals surface area contributed by atoms with Gasteiger partial charge in [0.25, 0.3) is 10.1 Å². The van der Waals surface area contributed by atoms with Crippen molar-refractivity contribution in [1.29, 1.82) is 0 Å². The van der Waals surface area contributed by atoms with Crippen LogP contribution in [0.5, 0.6) is 5.75 Å². The van der Waals surface area contributed by atoms with Crippen molar-refractivity contribution in [2.45, 2.75) is 45.5 Å². The Balaban J connectivity index is 1.97. The predicted octanol–water partition coefficient (Wildman–Crippen LogP) is 4.38. The van der Waals surface area contributed by atoms with Gasteiger partial charge in [-0.05, 0) is 52.9 Å². The van der Waals surface area contributed by atoms with Crippen molar-refractivity contribution in [3.63, 3.8) is 0 Å². The van der Waals surface area contributed by atoms with Gasteiger partial charge >= 0.3 is 0 Å². The van der Waals surface area contributed by atoms with Gasteiger partial charge in [0.15, 0.2) is 0 Å². The van der Waals surface area contributed by atoms with Crippen molar-refractivity contribution < 1.29 is 22.1 Å². The van der Waals surface area contributed by atoms with Gasteiger partial charge in [0.05, 0.1) is 19.5 Å². The molecule has 0 bridgehead atoms. The van der Waals surface area contributed by atoms with E-state index in [1.807, 2.05) is 17.5 Å². The van der Waals surface area contributed by atoms with Crippen molar-refractivity contribution in [3.05, 3.63) is 52.2 Å². The minimum absolute atomic E-state index is 0.00259. The second-order valence-corrected chi connectivity index (χ2v) is 8.64. The molecule has 0 aliphatic carbocycles. The molecule has 1 heterocycles. The maximum Gasteiger partial charge on any atom is 0.264 e. The van der Waals surface area contributed by atoms with Gasteiger partial charge in [-0.15, -0.1) is 0 Å². The summed E-state index contributed by atoms with van der Waals surface area (Å²) >= 11 is 1.66. The summed E-state index contributed by atoms with van der Waals surface area (Å²) in [6.07, 6.45) is 2.71. The van der Waals surface area contributed by atoms with Crippen LogP contribution in [0.15, 0.2) is 41.1 Å². The summed E-state index contributed by atoms with van der Waals surface area (Å²) < 4.78 is 39.2. The number of thiophene rings is 1. The van der Waals surface area contributed by atoms with Gasteiger partial charge in [-0.1, -0.05) is 26.0 Å². The molecule has 0 fully saturated rings. The third kappa shape index (κ3) is 6.72. The van der Waals surface area contributed by atoms with E-state index in [-0.39, 0.29) is 12.2 Å². The van der Waals surface area contributed by atoms with E-state index in [0.717, 1.165) is 24.7 Å². The molecule has 0 amide bonds. The zero-order chi connectivity index (χ0) is 19.0. The Kier molecular flexibility index (Phi) is 7.64. The van der Waals surface area contributed by atoms with Gasteiger partial charge in [-0.3, -0.25) is 4.18 Å². The minimum atomic E-state index is -3.47. The molecule has 144 valence electrons. The molecule has 5 nitrogen and oxygen atoms in total. The van der Waals surface area contributed by atoms with Crippen molar-refractivity contribution in [2.24, 2.45) is 0 Å². The lowest BCUT2D eigenvalue weighted by molar-refractivity contribution is -0.0877. The largest absolute Gasteiger partial charge is 0.491 e. The van der Waals surface area contributed by atoms with Gasteiger partial charge in [-0.2, -0.15) is 19.8 Å². The van der Waals surface area contributed by atoms with E-state index in [0.29, 0.717) is 19.0 Å². The van der Waals surface area contributed by atoms with Crippen LogP contribution in [0.1, 0.15) is 37.8 Å². The molecule has 0 unspecified atom stereocenters. The quantitative estimate of drug-likeness (QED) is 0.526. The monoisotopic (exact) mass is 398 g/mol. The topological polar surface area (TPSA) is 61.8 Å². The first-order chi connectivity index (χ1) is 12.4. The molecule has 0 atom stereocenters. The lowest BCUT2D eigenvalue weighted by atomic mass is 9.98. The highest BCUT2D eigenvalue weighted by atomic mass is 32.2. The van der Waals surface area contributed by atoms with Crippen LogP contribution >= 0.6 is 11.3 Å². The Bertz CT molecular complexity index is 765. The van der Waals surface area contributed by atoms with Crippen molar-refractivity contribution >= 4 is 21.5 Å². The highest BCUT2D eigenvalue weighted by molar-refractivity contribution is 7.85. The van der Waals surface area contributed by atoms with Gasteiger partial charge in [-0.25, -0.2) is 0 Å². The van der Waals surface area contributed by atoms with E-state index in [9.17, 15) is 8.42 Å². The highest BCUT2D eigenvalue weighted by Gasteiger charge is 2.28. The second-order valence-electron chi connectivity index (χ2n) is 6.21. The van der Waals surface area contributed by atoms with Crippen LogP contribution in [-0.4, -0.2) is 26.9 Å². The van der Waals surface area contributed by atoms with Crippen LogP contribution in [0.4, 0.5) is 0 Å². The minimum Gasteiger partial charge on any atom is -0.491 e. The molecular formula is C19H26O5S2. The summed E-state index contributed by atoms with van der Waals surface area (Å²) in [6, 6.07) is 9.33. The fraction of sp³-hybridized carbons (Fsp3) is 0.474.